The molecule has 0 saturated heterocycles. The molecule has 0 spiro atoms. The van der Waals surface area contributed by atoms with Crippen LogP contribution in [0, 0.1) is 0 Å². The first-order chi connectivity index (χ1) is 14.7. The van der Waals surface area contributed by atoms with Crippen LogP contribution in [0.2, 0.25) is 0 Å². The highest BCUT2D eigenvalue weighted by Gasteiger charge is 2.23. The van der Waals surface area contributed by atoms with Gasteiger partial charge in [0.2, 0.25) is 0 Å². The second-order valence-corrected chi connectivity index (χ2v) is 9.56. The number of nitrogens with zero attached hydrogens (tertiary/aromatic N) is 2. The van der Waals surface area contributed by atoms with Crippen LogP contribution in [0.3, 0.4) is 0 Å². The Labute approximate surface area is 182 Å². The standard InChI is InChI=1S/C23H22N2O3S2/c26-18(15-7-2-1-3-8-15)14-29-23-24-21-20(17-10-4-5-11-19(17)30-21)22(27)25(23)13-16-9-6-12-28-16/h1-3,6-9,12,18,26H,4-5,10-11,13-14H2/t18-/m0/s1. The topological polar surface area (TPSA) is 68.3 Å². The Morgan fingerprint density at radius 1 is 1.17 bits per heavy atom. The number of rotatable bonds is 6. The Hall–Kier alpha value is -2.35. The van der Waals surface area contributed by atoms with Crippen LogP contribution in [0.25, 0.3) is 10.2 Å². The minimum absolute atomic E-state index is 0.00694. The molecule has 0 unspecified atom stereocenters. The van der Waals surface area contributed by atoms with Gasteiger partial charge in [0.1, 0.15) is 10.6 Å². The van der Waals surface area contributed by atoms with E-state index in [0.29, 0.717) is 23.2 Å². The zero-order valence-electron chi connectivity index (χ0n) is 16.4. The quantitative estimate of drug-likeness (QED) is 0.346. The van der Waals surface area contributed by atoms with Crippen molar-refractivity contribution in [2.75, 3.05) is 5.75 Å². The van der Waals surface area contributed by atoms with Crippen molar-refractivity contribution in [1.29, 1.82) is 0 Å². The van der Waals surface area contributed by atoms with E-state index in [1.807, 2.05) is 42.5 Å². The summed E-state index contributed by atoms with van der Waals surface area (Å²) >= 11 is 3.07. The number of thioether (sulfide) groups is 1. The number of benzene rings is 1. The molecule has 5 nitrogen and oxygen atoms in total. The summed E-state index contributed by atoms with van der Waals surface area (Å²) in [5.74, 6) is 1.14. The molecule has 5 rings (SSSR count). The fraction of sp³-hybridized carbons (Fsp3) is 0.304. The Morgan fingerprint density at radius 2 is 2.00 bits per heavy atom. The van der Waals surface area contributed by atoms with Gasteiger partial charge in [-0.3, -0.25) is 9.36 Å². The number of aromatic nitrogens is 2. The zero-order chi connectivity index (χ0) is 20.5. The van der Waals surface area contributed by atoms with Crippen LogP contribution in [0.4, 0.5) is 0 Å². The lowest BCUT2D eigenvalue weighted by Crippen LogP contribution is -2.24. The third-order valence-corrected chi connectivity index (χ3v) is 7.73. The summed E-state index contributed by atoms with van der Waals surface area (Å²) in [6.07, 6.45) is 5.26. The molecule has 0 radical (unpaired) electrons. The van der Waals surface area contributed by atoms with Gasteiger partial charge >= 0.3 is 0 Å². The Morgan fingerprint density at radius 3 is 2.80 bits per heavy atom. The number of hydrogen-bond donors (Lipinski definition) is 1. The van der Waals surface area contributed by atoms with Gasteiger partial charge in [0.15, 0.2) is 5.16 Å². The first kappa shape index (κ1) is 19.6. The highest BCUT2D eigenvalue weighted by molar-refractivity contribution is 7.99. The minimum atomic E-state index is -0.627. The van der Waals surface area contributed by atoms with E-state index in [1.165, 1.54) is 28.6 Å². The summed E-state index contributed by atoms with van der Waals surface area (Å²) in [5.41, 5.74) is 2.04. The summed E-state index contributed by atoms with van der Waals surface area (Å²) in [4.78, 5) is 20.5. The molecule has 30 heavy (non-hydrogen) atoms. The fourth-order valence-corrected chi connectivity index (χ4v) is 6.22. The van der Waals surface area contributed by atoms with Crippen molar-refractivity contribution >= 4 is 33.3 Å². The van der Waals surface area contributed by atoms with Crippen LogP contribution >= 0.6 is 23.1 Å². The van der Waals surface area contributed by atoms with Gasteiger partial charge in [0.25, 0.3) is 5.56 Å². The lowest BCUT2D eigenvalue weighted by Gasteiger charge is -2.14. The predicted octanol–water partition coefficient (Wildman–Crippen LogP) is 4.80. The Kier molecular flexibility index (Phi) is 5.50. The molecule has 7 heteroatoms. The first-order valence-electron chi connectivity index (χ1n) is 10.1. The van der Waals surface area contributed by atoms with Crippen LogP contribution in [-0.2, 0) is 19.4 Å². The van der Waals surface area contributed by atoms with Crippen molar-refractivity contribution in [1.82, 2.24) is 9.55 Å². The molecular formula is C23H22N2O3S2. The molecule has 1 aromatic carbocycles. The van der Waals surface area contributed by atoms with Gasteiger partial charge in [-0.25, -0.2) is 4.98 Å². The highest BCUT2D eigenvalue weighted by Crippen LogP contribution is 2.35. The number of hydrogen-bond acceptors (Lipinski definition) is 6. The second-order valence-electron chi connectivity index (χ2n) is 7.49. The van der Waals surface area contributed by atoms with Crippen molar-refractivity contribution in [3.8, 4) is 0 Å². The first-order valence-corrected chi connectivity index (χ1v) is 11.9. The molecule has 0 amide bonds. The van der Waals surface area contributed by atoms with Gasteiger partial charge in [0, 0.05) is 10.6 Å². The van der Waals surface area contributed by atoms with Crippen LogP contribution in [-0.4, -0.2) is 20.4 Å². The maximum Gasteiger partial charge on any atom is 0.263 e. The summed E-state index contributed by atoms with van der Waals surface area (Å²) in [5, 5.41) is 12.0. The van der Waals surface area contributed by atoms with Crippen molar-refractivity contribution in [2.45, 2.75) is 43.5 Å². The molecule has 0 aliphatic heterocycles. The van der Waals surface area contributed by atoms with E-state index in [-0.39, 0.29) is 5.56 Å². The molecule has 3 heterocycles. The van der Waals surface area contributed by atoms with Gasteiger partial charge in [-0.05, 0) is 48.9 Å². The molecule has 4 aromatic rings. The van der Waals surface area contributed by atoms with Crippen molar-refractivity contribution in [2.24, 2.45) is 0 Å². The minimum Gasteiger partial charge on any atom is -0.467 e. The maximum atomic E-state index is 13.5. The summed E-state index contributed by atoms with van der Waals surface area (Å²) in [7, 11) is 0. The number of aliphatic hydroxyl groups excluding tert-OH is 1. The van der Waals surface area contributed by atoms with Gasteiger partial charge in [0.05, 0.1) is 24.3 Å². The van der Waals surface area contributed by atoms with Gasteiger partial charge in [-0.1, -0.05) is 42.1 Å². The number of furan rings is 1. The van der Waals surface area contributed by atoms with Crippen molar-refractivity contribution in [3.63, 3.8) is 0 Å². The maximum absolute atomic E-state index is 13.5. The average molecular weight is 439 g/mol. The third kappa shape index (κ3) is 3.73. The molecule has 0 saturated carbocycles. The second kappa shape index (κ2) is 8.41. The van der Waals surface area contributed by atoms with Crippen LogP contribution < -0.4 is 5.56 Å². The van der Waals surface area contributed by atoms with Crippen LogP contribution in [0.1, 0.15) is 40.7 Å². The normalized spacial score (nSPS) is 14.7. The Balaban J connectivity index is 1.54. The van der Waals surface area contributed by atoms with Crippen LogP contribution in [0.5, 0.6) is 0 Å². The lowest BCUT2D eigenvalue weighted by atomic mass is 9.97. The summed E-state index contributed by atoms with van der Waals surface area (Å²) < 4.78 is 7.20. The number of fused-ring (bicyclic) bond motifs is 3. The van der Waals surface area contributed by atoms with Crippen molar-refractivity contribution in [3.05, 3.63) is 80.8 Å². The van der Waals surface area contributed by atoms with E-state index in [9.17, 15) is 9.90 Å². The molecule has 1 N–H and O–H groups in total. The van der Waals surface area contributed by atoms with E-state index >= 15 is 0 Å². The fourth-order valence-electron chi connectivity index (χ4n) is 3.95. The van der Waals surface area contributed by atoms with Gasteiger partial charge in [-0.2, -0.15) is 0 Å². The van der Waals surface area contributed by atoms with E-state index < -0.39 is 6.10 Å². The molecule has 1 atom stereocenters. The summed E-state index contributed by atoms with van der Waals surface area (Å²) in [6.45, 7) is 0.336. The zero-order valence-corrected chi connectivity index (χ0v) is 18.0. The SMILES string of the molecule is O=c1c2c3c(sc2nc(SC[C@H](O)c2ccccc2)n1Cc1ccco1)CCCC3. The molecule has 1 aliphatic rings. The predicted molar refractivity (Wildman–Crippen MR) is 120 cm³/mol. The largest absolute Gasteiger partial charge is 0.467 e. The number of thiophene rings is 1. The monoisotopic (exact) mass is 438 g/mol. The third-order valence-electron chi connectivity index (χ3n) is 5.49. The number of aryl methyl sites for hydroxylation is 2. The lowest BCUT2D eigenvalue weighted by molar-refractivity contribution is 0.204. The van der Waals surface area contributed by atoms with Gasteiger partial charge < -0.3 is 9.52 Å². The van der Waals surface area contributed by atoms with Gasteiger partial charge in [-0.15, -0.1) is 11.3 Å². The van der Waals surface area contributed by atoms with Crippen LogP contribution in [0.15, 0.2) is 63.1 Å². The molecular weight excluding hydrogens is 416 g/mol. The average Bonchev–Trinajstić information content (AvgIpc) is 3.42. The van der Waals surface area contributed by atoms with Crippen molar-refractivity contribution < 1.29 is 9.52 Å². The molecule has 0 fully saturated rings. The molecule has 3 aromatic heterocycles. The molecule has 1 aliphatic carbocycles. The van der Waals surface area contributed by atoms with E-state index in [0.717, 1.165) is 35.0 Å². The number of aliphatic hydroxyl groups is 1. The van der Waals surface area contributed by atoms with E-state index in [4.69, 9.17) is 9.40 Å². The highest BCUT2D eigenvalue weighted by atomic mass is 32.2. The van der Waals surface area contributed by atoms with E-state index in [1.54, 1.807) is 22.2 Å². The van der Waals surface area contributed by atoms with E-state index in [2.05, 4.69) is 0 Å². The smallest absolute Gasteiger partial charge is 0.263 e. The molecule has 0 bridgehead atoms. The summed E-state index contributed by atoms with van der Waals surface area (Å²) in [6, 6.07) is 13.3. The Bertz CT molecular complexity index is 1210. The molecule has 154 valence electrons.